The molecule has 1 unspecified atom stereocenters. The van der Waals surface area contributed by atoms with Gasteiger partial charge >= 0.3 is 12.2 Å². The molecule has 0 aromatic heterocycles. The number of amidine groups is 1. The average molecular weight is 453 g/mol. The van der Waals surface area contributed by atoms with Gasteiger partial charge in [0, 0.05) is 16.5 Å². The summed E-state index contributed by atoms with van der Waals surface area (Å²) in [6.45, 7) is 3.52. The zero-order valence-electron chi connectivity index (χ0n) is 17.5. The van der Waals surface area contributed by atoms with Gasteiger partial charge in [0.1, 0.15) is 19.0 Å². The van der Waals surface area contributed by atoms with Gasteiger partial charge in [-0.25, -0.2) is 9.79 Å². The highest BCUT2D eigenvalue weighted by molar-refractivity contribution is 6.34. The number of hydrogen-bond donors (Lipinski definition) is 0. The molecule has 1 aliphatic rings. The molecule has 1 aromatic rings. The third-order valence-corrected chi connectivity index (χ3v) is 4.68. The van der Waals surface area contributed by atoms with Crippen LogP contribution in [0, 0.1) is 5.92 Å². The van der Waals surface area contributed by atoms with E-state index in [1.165, 1.54) is 6.92 Å². The second kappa shape index (κ2) is 10.9. The smallest absolute Gasteiger partial charge is 0.272 e. The second-order valence-corrected chi connectivity index (χ2v) is 7.19. The number of carbonyl (C=O) groups excluding carboxylic acids is 1. The minimum atomic E-state index is -4.56. The van der Waals surface area contributed by atoms with Crippen molar-refractivity contribution in [1.29, 1.82) is 0 Å². The highest BCUT2D eigenvalue weighted by Gasteiger charge is 2.38. The Balaban J connectivity index is 2.41. The van der Waals surface area contributed by atoms with E-state index in [1.54, 1.807) is 24.3 Å². The predicted octanol–water partition coefficient (Wildman–Crippen LogP) is 6.04. The molecule has 9 heteroatoms. The van der Waals surface area contributed by atoms with E-state index in [2.05, 4.69) is 10.1 Å². The molecule has 1 aromatic carbocycles. The van der Waals surface area contributed by atoms with Crippen molar-refractivity contribution in [1.82, 2.24) is 9.91 Å². The molecule has 0 radical (unpaired) electrons. The van der Waals surface area contributed by atoms with E-state index in [9.17, 15) is 18.0 Å². The van der Waals surface area contributed by atoms with E-state index >= 15 is 0 Å². The van der Waals surface area contributed by atoms with Gasteiger partial charge in [-0.1, -0.05) is 73.2 Å². The normalized spacial score (nSPS) is 17.3. The van der Waals surface area contributed by atoms with Gasteiger partial charge in [0.25, 0.3) is 0 Å². The Kier molecular flexibility index (Phi) is 8.62. The van der Waals surface area contributed by atoms with E-state index < -0.39 is 18.8 Å². The molecular formula is C22H24ClF3N4O. The molecule has 0 spiro atoms. The van der Waals surface area contributed by atoms with Crippen LogP contribution in [0.25, 0.3) is 0 Å². The largest absolute Gasteiger partial charge is 0.406 e. The van der Waals surface area contributed by atoms with E-state index in [4.69, 9.17) is 11.6 Å². The maximum Gasteiger partial charge on any atom is 0.406 e. The molecule has 0 saturated heterocycles. The maximum absolute atomic E-state index is 12.9. The fourth-order valence-corrected chi connectivity index (χ4v) is 3.01. The van der Waals surface area contributed by atoms with E-state index in [0.717, 1.165) is 5.01 Å². The molecule has 0 bridgehead atoms. The Morgan fingerprint density at radius 3 is 2.58 bits per heavy atom. The summed E-state index contributed by atoms with van der Waals surface area (Å²) in [7, 11) is 0. The van der Waals surface area contributed by atoms with Crippen molar-refractivity contribution in [2.75, 3.05) is 13.2 Å². The van der Waals surface area contributed by atoms with Gasteiger partial charge < -0.3 is 0 Å². The average Bonchev–Trinajstić information content (AvgIpc) is 2.70. The highest BCUT2D eigenvalue weighted by atomic mass is 35.5. The molecule has 1 heterocycles. The summed E-state index contributed by atoms with van der Waals surface area (Å²) in [5.74, 6) is -0.291. The first-order valence-corrected chi connectivity index (χ1v) is 9.98. The Hall–Kier alpha value is -2.87. The zero-order chi connectivity index (χ0) is 23.0. The lowest BCUT2D eigenvalue weighted by Crippen LogP contribution is -2.51. The lowest BCUT2D eigenvalue weighted by atomic mass is 9.97. The lowest BCUT2D eigenvalue weighted by molar-refractivity contribution is -0.134. The highest BCUT2D eigenvalue weighted by Crippen LogP contribution is 2.24. The summed E-state index contributed by atoms with van der Waals surface area (Å²) in [5, 5.41) is 5.73. The molecule has 1 aliphatic heterocycles. The number of hydrazone groups is 1. The molecular weight excluding hydrogens is 429 g/mol. The standard InChI is InChI=1S/C22H24ClF3N4O/c1-4-5-6-7-8-11-16(2)20(18-12-9-10-13-19(18)23)28-30-15-27-17(3)29(21(30)31)14-22(24,25)26/h4-13,16H,14-15H2,1-3H3/b5-4-,7-6-,11-8+,28-20+. The number of aliphatic imine (C=N–C) groups is 1. The fraction of sp³-hybridized carbons (Fsp3) is 0.318. The van der Waals surface area contributed by atoms with Crippen LogP contribution < -0.4 is 0 Å². The number of alkyl halides is 3. The molecule has 2 rings (SSSR count). The number of hydrogen-bond acceptors (Lipinski definition) is 3. The van der Waals surface area contributed by atoms with Crippen molar-refractivity contribution in [3.8, 4) is 0 Å². The molecule has 1 atom stereocenters. The first-order valence-electron chi connectivity index (χ1n) is 9.60. The molecule has 5 nitrogen and oxygen atoms in total. The van der Waals surface area contributed by atoms with E-state index in [1.807, 2.05) is 50.3 Å². The summed E-state index contributed by atoms with van der Waals surface area (Å²) >= 11 is 6.34. The Labute approximate surface area is 184 Å². The van der Waals surface area contributed by atoms with Gasteiger partial charge in [0.15, 0.2) is 0 Å². The van der Waals surface area contributed by atoms with Crippen LogP contribution >= 0.6 is 11.6 Å². The van der Waals surface area contributed by atoms with Crippen LogP contribution in [0.2, 0.25) is 5.02 Å². The van der Waals surface area contributed by atoms with Crippen molar-refractivity contribution in [2.45, 2.75) is 26.9 Å². The number of nitrogens with zero attached hydrogens (tertiary/aromatic N) is 4. The van der Waals surface area contributed by atoms with E-state index in [-0.39, 0.29) is 18.4 Å². The number of allylic oxidation sites excluding steroid dienone is 6. The molecule has 0 saturated carbocycles. The molecule has 0 fully saturated rings. The Morgan fingerprint density at radius 1 is 1.26 bits per heavy atom. The number of amides is 2. The van der Waals surface area contributed by atoms with Crippen LogP contribution in [0.3, 0.4) is 0 Å². The van der Waals surface area contributed by atoms with Crippen molar-refractivity contribution in [3.05, 3.63) is 71.3 Å². The molecule has 31 heavy (non-hydrogen) atoms. The van der Waals surface area contributed by atoms with Gasteiger partial charge in [-0.2, -0.15) is 23.3 Å². The van der Waals surface area contributed by atoms with Crippen molar-refractivity contribution in [3.63, 3.8) is 0 Å². The van der Waals surface area contributed by atoms with Crippen molar-refractivity contribution in [2.24, 2.45) is 16.0 Å². The summed E-state index contributed by atoms with van der Waals surface area (Å²) in [5.41, 5.74) is 1.02. The van der Waals surface area contributed by atoms with Crippen molar-refractivity contribution >= 4 is 29.2 Å². The lowest BCUT2D eigenvalue weighted by Gasteiger charge is -2.32. The van der Waals surface area contributed by atoms with Gasteiger partial charge in [-0.15, -0.1) is 0 Å². The summed E-state index contributed by atoms with van der Waals surface area (Å²) < 4.78 is 38.7. The Morgan fingerprint density at radius 2 is 1.94 bits per heavy atom. The Bertz CT molecular complexity index is 935. The minimum absolute atomic E-state index is 0.00451. The maximum atomic E-state index is 12.9. The van der Waals surface area contributed by atoms with Crippen LogP contribution in [0.5, 0.6) is 0 Å². The summed E-state index contributed by atoms with van der Waals surface area (Å²) in [6, 6.07) is 6.07. The number of carbonyl (C=O) groups is 1. The predicted molar refractivity (Wildman–Crippen MR) is 118 cm³/mol. The third-order valence-electron chi connectivity index (χ3n) is 4.35. The van der Waals surface area contributed by atoms with Gasteiger partial charge in [0.05, 0.1) is 5.71 Å². The third kappa shape index (κ3) is 7.10. The first kappa shape index (κ1) is 24.4. The second-order valence-electron chi connectivity index (χ2n) is 6.78. The molecule has 2 amide bonds. The number of urea groups is 1. The molecule has 0 N–H and O–H groups in total. The number of rotatable bonds is 7. The van der Waals surface area contributed by atoms with Crippen LogP contribution in [-0.4, -0.2) is 46.9 Å². The minimum Gasteiger partial charge on any atom is -0.272 e. The van der Waals surface area contributed by atoms with Crippen LogP contribution in [0.1, 0.15) is 26.3 Å². The summed E-state index contributed by atoms with van der Waals surface area (Å²) in [4.78, 5) is 17.3. The van der Waals surface area contributed by atoms with E-state index in [0.29, 0.717) is 21.2 Å². The summed E-state index contributed by atoms with van der Waals surface area (Å²) in [6.07, 6.45) is 6.59. The SMILES string of the molecule is C\C=C/C=C\C=C\C(C)/C(=N\N1CN=C(C)N(CC(F)(F)F)C1=O)c1ccccc1Cl. The quantitative estimate of drug-likeness (QED) is 0.367. The fourth-order valence-electron chi connectivity index (χ4n) is 2.78. The number of benzene rings is 1. The topological polar surface area (TPSA) is 48.3 Å². The van der Waals surface area contributed by atoms with Gasteiger partial charge in [-0.3, -0.25) is 4.90 Å². The zero-order valence-corrected chi connectivity index (χ0v) is 18.2. The molecule has 0 aliphatic carbocycles. The van der Waals surface area contributed by atoms with Crippen molar-refractivity contribution < 1.29 is 18.0 Å². The van der Waals surface area contributed by atoms with Gasteiger partial charge in [-0.05, 0) is 19.9 Å². The van der Waals surface area contributed by atoms with Gasteiger partial charge in [0.2, 0.25) is 0 Å². The van der Waals surface area contributed by atoms with Crippen LogP contribution in [0.4, 0.5) is 18.0 Å². The first-order chi connectivity index (χ1) is 14.6. The monoisotopic (exact) mass is 452 g/mol. The number of halogens is 4. The van der Waals surface area contributed by atoms with Crippen LogP contribution in [-0.2, 0) is 0 Å². The van der Waals surface area contributed by atoms with Crippen LogP contribution in [0.15, 0.2) is 70.8 Å². The molecule has 166 valence electrons.